The Balaban J connectivity index is 2.73. The molecule has 0 aliphatic rings. The molecule has 0 aromatic carbocycles. The molecular weight excluding hydrogens is 182 g/mol. The summed E-state index contributed by atoms with van der Waals surface area (Å²) in [6.07, 6.45) is 3.50. The number of methoxy groups -OCH3 is 1. The minimum atomic E-state index is -0.481. The lowest BCUT2D eigenvalue weighted by atomic mass is 10.3. The Morgan fingerprint density at radius 1 is 1.64 bits per heavy atom. The Bertz CT molecular complexity index is 339. The van der Waals surface area contributed by atoms with E-state index in [2.05, 4.69) is 4.74 Å². The number of furan rings is 1. The summed E-state index contributed by atoms with van der Waals surface area (Å²) in [7, 11) is 1.31. The summed E-state index contributed by atoms with van der Waals surface area (Å²) >= 11 is 0. The number of nitrogens with two attached hydrogens (primary N) is 1. The van der Waals surface area contributed by atoms with Crippen LogP contribution < -0.4 is 5.73 Å². The van der Waals surface area contributed by atoms with Gasteiger partial charge >= 0.3 is 5.97 Å². The second-order valence-electron chi connectivity index (χ2n) is 2.91. The van der Waals surface area contributed by atoms with Crippen LogP contribution in [0.4, 0.5) is 0 Å². The van der Waals surface area contributed by atoms with Crippen molar-refractivity contribution in [2.45, 2.75) is 13.0 Å². The van der Waals surface area contributed by atoms with Crippen molar-refractivity contribution in [3.63, 3.8) is 0 Å². The standard InChI is InChI=1S/C10H13NO3/c1-7(11)3-4-8-5-6-9(14-8)10(12)13-2/h3-7H,11H2,1-2H3/b4-3+. The molecule has 14 heavy (non-hydrogen) atoms. The van der Waals surface area contributed by atoms with Gasteiger partial charge in [0, 0.05) is 6.04 Å². The lowest BCUT2D eigenvalue weighted by molar-refractivity contribution is 0.0564. The van der Waals surface area contributed by atoms with Gasteiger partial charge in [-0.25, -0.2) is 4.79 Å². The van der Waals surface area contributed by atoms with E-state index in [0.29, 0.717) is 5.76 Å². The van der Waals surface area contributed by atoms with E-state index >= 15 is 0 Å². The average Bonchev–Trinajstić information content (AvgIpc) is 2.62. The van der Waals surface area contributed by atoms with Gasteiger partial charge in [0.2, 0.25) is 5.76 Å². The molecular formula is C10H13NO3. The van der Waals surface area contributed by atoms with Crippen molar-refractivity contribution in [1.29, 1.82) is 0 Å². The van der Waals surface area contributed by atoms with Gasteiger partial charge in [0.05, 0.1) is 7.11 Å². The summed E-state index contributed by atoms with van der Waals surface area (Å²) in [5.74, 6) is 0.296. The molecule has 1 aromatic heterocycles. The van der Waals surface area contributed by atoms with E-state index in [9.17, 15) is 4.79 Å². The van der Waals surface area contributed by atoms with Crippen LogP contribution in [-0.4, -0.2) is 19.1 Å². The van der Waals surface area contributed by atoms with Gasteiger partial charge in [-0.15, -0.1) is 0 Å². The third-order valence-electron chi connectivity index (χ3n) is 1.58. The highest BCUT2D eigenvalue weighted by atomic mass is 16.5. The van der Waals surface area contributed by atoms with Crippen molar-refractivity contribution in [2.24, 2.45) is 5.73 Å². The van der Waals surface area contributed by atoms with E-state index in [1.54, 1.807) is 24.3 Å². The topological polar surface area (TPSA) is 65.5 Å². The van der Waals surface area contributed by atoms with Crippen LogP contribution >= 0.6 is 0 Å². The van der Waals surface area contributed by atoms with E-state index < -0.39 is 5.97 Å². The van der Waals surface area contributed by atoms with Gasteiger partial charge in [-0.1, -0.05) is 6.08 Å². The largest absolute Gasteiger partial charge is 0.463 e. The lowest BCUT2D eigenvalue weighted by Gasteiger charge is -1.93. The first-order chi connectivity index (χ1) is 6.63. The number of ether oxygens (including phenoxy) is 1. The third kappa shape index (κ3) is 2.74. The zero-order chi connectivity index (χ0) is 10.6. The van der Waals surface area contributed by atoms with Crippen LogP contribution in [0.25, 0.3) is 6.08 Å². The molecule has 1 atom stereocenters. The van der Waals surface area contributed by atoms with Crippen LogP contribution in [-0.2, 0) is 4.74 Å². The van der Waals surface area contributed by atoms with Gasteiger partial charge in [-0.3, -0.25) is 0 Å². The smallest absolute Gasteiger partial charge is 0.373 e. The first kappa shape index (κ1) is 10.5. The van der Waals surface area contributed by atoms with Gasteiger partial charge in [0.1, 0.15) is 5.76 Å². The molecule has 0 amide bonds. The van der Waals surface area contributed by atoms with Gasteiger partial charge in [-0.2, -0.15) is 0 Å². The molecule has 4 heteroatoms. The third-order valence-corrected chi connectivity index (χ3v) is 1.58. The molecule has 0 aliphatic heterocycles. The summed E-state index contributed by atoms with van der Waals surface area (Å²) in [6.45, 7) is 1.85. The molecule has 0 saturated carbocycles. The summed E-state index contributed by atoms with van der Waals surface area (Å²) in [5, 5.41) is 0. The van der Waals surface area contributed by atoms with Crippen LogP contribution in [0.5, 0.6) is 0 Å². The van der Waals surface area contributed by atoms with Crippen molar-refractivity contribution in [1.82, 2.24) is 0 Å². The fraction of sp³-hybridized carbons (Fsp3) is 0.300. The van der Waals surface area contributed by atoms with Gasteiger partial charge < -0.3 is 14.9 Å². The van der Waals surface area contributed by atoms with Crippen LogP contribution in [0.3, 0.4) is 0 Å². The molecule has 1 rings (SSSR count). The maximum absolute atomic E-state index is 11.0. The Labute approximate surface area is 82.3 Å². The quantitative estimate of drug-likeness (QED) is 0.741. The zero-order valence-corrected chi connectivity index (χ0v) is 8.19. The van der Waals surface area contributed by atoms with Gasteiger partial charge in [-0.05, 0) is 25.1 Å². The average molecular weight is 195 g/mol. The molecule has 0 spiro atoms. The molecule has 1 unspecified atom stereocenters. The lowest BCUT2D eigenvalue weighted by Crippen LogP contribution is -2.09. The maximum atomic E-state index is 11.0. The molecule has 0 saturated heterocycles. The van der Waals surface area contributed by atoms with Gasteiger partial charge in [0.15, 0.2) is 0 Å². The predicted molar refractivity (Wildman–Crippen MR) is 52.7 cm³/mol. The normalized spacial score (nSPS) is 13.1. The Morgan fingerprint density at radius 3 is 2.93 bits per heavy atom. The van der Waals surface area contributed by atoms with Crippen LogP contribution in [0.15, 0.2) is 22.6 Å². The minimum Gasteiger partial charge on any atom is -0.463 e. The summed E-state index contributed by atoms with van der Waals surface area (Å²) in [5.41, 5.74) is 5.51. The van der Waals surface area contributed by atoms with E-state index in [4.69, 9.17) is 10.2 Å². The highest BCUT2D eigenvalue weighted by Gasteiger charge is 2.09. The zero-order valence-electron chi connectivity index (χ0n) is 8.19. The summed E-state index contributed by atoms with van der Waals surface area (Å²) in [6, 6.07) is 3.21. The molecule has 2 N–H and O–H groups in total. The number of rotatable bonds is 3. The number of carbonyl (C=O) groups is 1. The maximum Gasteiger partial charge on any atom is 0.373 e. The van der Waals surface area contributed by atoms with E-state index in [-0.39, 0.29) is 11.8 Å². The SMILES string of the molecule is COC(=O)c1ccc(/C=C/C(C)N)o1. The second-order valence-corrected chi connectivity index (χ2v) is 2.91. The predicted octanol–water partition coefficient (Wildman–Crippen LogP) is 1.43. The van der Waals surface area contributed by atoms with Crippen molar-refractivity contribution < 1.29 is 13.9 Å². The molecule has 1 heterocycles. The molecule has 4 nitrogen and oxygen atoms in total. The fourth-order valence-electron chi connectivity index (χ4n) is 0.899. The summed E-state index contributed by atoms with van der Waals surface area (Å²) < 4.78 is 9.66. The van der Waals surface area contributed by atoms with Crippen molar-refractivity contribution >= 4 is 12.0 Å². The molecule has 76 valence electrons. The van der Waals surface area contributed by atoms with Crippen molar-refractivity contribution in [2.75, 3.05) is 7.11 Å². The monoisotopic (exact) mass is 195 g/mol. The van der Waals surface area contributed by atoms with Crippen molar-refractivity contribution in [3.05, 3.63) is 29.7 Å². The Kier molecular flexibility index (Phi) is 3.48. The second kappa shape index (κ2) is 4.62. The molecule has 0 fully saturated rings. The van der Waals surface area contributed by atoms with E-state index in [1.807, 2.05) is 6.92 Å². The number of hydrogen-bond donors (Lipinski definition) is 1. The Hall–Kier alpha value is -1.55. The van der Waals surface area contributed by atoms with E-state index in [0.717, 1.165) is 0 Å². The first-order valence-corrected chi connectivity index (χ1v) is 4.25. The molecule has 0 radical (unpaired) electrons. The highest BCUT2D eigenvalue weighted by Crippen LogP contribution is 2.10. The highest BCUT2D eigenvalue weighted by molar-refractivity contribution is 5.86. The van der Waals surface area contributed by atoms with Gasteiger partial charge in [0.25, 0.3) is 0 Å². The molecule has 0 bridgehead atoms. The minimum absolute atomic E-state index is 0.0401. The van der Waals surface area contributed by atoms with Crippen LogP contribution in [0, 0.1) is 0 Å². The van der Waals surface area contributed by atoms with Crippen LogP contribution in [0.2, 0.25) is 0 Å². The number of carbonyl (C=O) groups excluding carboxylic acids is 1. The summed E-state index contributed by atoms with van der Waals surface area (Å²) in [4.78, 5) is 11.0. The number of esters is 1. The van der Waals surface area contributed by atoms with Crippen molar-refractivity contribution in [3.8, 4) is 0 Å². The molecule has 0 aliphatic carbocycles. The fourth-order valence-corrected chi connectivity index (χ4v) is 0.899. The Morgan fingerprint density at radius 2 is 2.36 bits per heavy atom. The number of hydrogen-bond acceptors (Lipinski definition) is 4. The van der Waals surface area contributed by atoms with Crippen LogP contribution in [0.1, 0.15) is 23.2 Å². The first-order valence-electron chi connectivity index (χ1n) is 4.25. The molecule has 1 aromatic rings. The van der Waals surface area contributed by atoms with E-state index in [1.165, 1.54) is 7.11 Å².